The molecule has 0 fully saturated rings. The SMILES string of the molecule is CCC(O)(COC)Cc1c(F)cccc1F. The molecule has 0 aromatic heterocycles. The summed E-state index contributed by atoms with van der Waals surface area (Å²) >= 11 is 0. The van der Waals surface area contributed by atoms with Gasteiger partial charge in [0, 0.05) is 19.1 Å². The van der Waals surface area contributed by atoms with E-state index in [2.05, 4.69) is 0 Å². The maximum atomic E-state index is 13.4. The van der Waals surface area contributed by atoms with Crippen molar-refractivity contribution in [2.24, 2.45) is 0 Å². The Kier molecular flexibility index (Phi) is 4.38. The first kappa shape index (κ1) is 13.1. The van der Waals surface area contributed by atoms with Crippen molar-refractivity contribution >= 4 is 0 Å². The molecular weight excluding hydrogens is 214 g/mol. The molecule has 1 aromatic rings. The third kappa shape index (κ3) is 3.00. The molecule has 1 aromatic carbocycles. The number of rotatable bonds is 5. The molecule has 0 spiro atoms. The van der Waals surface area contributed by atoms with Gasteiger partial charge >= 0.3 is 0 Å². The van der Waals surface area contributed by atoms with Gasteiger partial charge in [-0.25, -0.2) is 8.78 Å². The molecule has 0 saturated carbocycles. The van der Waals surface area contributed by atoms with Crippen molar-refractivity contribution in [1.29, 1.82) is 0 Å². The molecule has 4 heteroatoms. The van der Waals surface area contributed by atoms with Crippen molar-refractivity contribution in [3.8, 4) is 0 Å². The molecule has 0 aliphatic rings. The Hall–Kier alpha value is -1.00. The summed E-state index contributed by atoms with van der Waals surface area (Å²) in [6.07, 6.45) is 0.282. The van der Waals surface area contributed by atoms with Crippen LogP contribution in [0.3, 0.4) is 0 Å². The largest absolute Gasteiger partial charge is 0.387 e. The molecular formula is C12H16F2O2. The molecule has 0 aliphatic heterocycles. The number of hydrogen-bond acceptors (Lipinski definition) is 2. The second kappa shape index (κ2) is 5.37. The normalized spacial score (nSPS) is 14.8. The van der Waals surface area contributed by atoms with E-state index in [1.165, 1.54) is 25.3 Å². The quantitative estimate of drug-likeness (QED) is 0.841. The van der Waals surface area contributed by atoms with E-state index in [-0.39, 0.29) is 18.6 Å². The Morgan fingerprint density at radius 3 is 2.31 bits per heavy atom. The van der Waals surface area contributed by atoms with Crippen LogP contribution in [0.5, 0.6) is 0 Å². The fourth-order valence-electron chi connectivity index (χ4n) is 1.58. The van der Waals surface area contributed by atoms with Gasteiger partial charge in [0.2, 0.25) is 0 Å². The first-order chi connectivity index (χ1) is 7.52. The number of aliphatic hydroxyl groups is 1. The van der Waals surface area contributed by atoms with Crippen LogP contribution in [0.15, 0.2) is 18.2 Å². The van der Waals surface area contributed by atoms with Gasteiger partial charge in [0.25, 0.3) is 0 Å². The molecule has 0 saturated heterocycles. The lowest BCUT2D eigenvalue weighted by Gasteiger charge is -2.26. The van der Waals surface area contributed by atoms with E-state index < -0.39 is 17.2 Å². The molecule has 16 heavy (non-hydrogen) atoms. The van der Waals surface area contributed by atoms with E-state index in [4.69, 9.17) is 4.74 Å². The first-order valence-corrected chi connectivity index (χ1v) is 5.16. The number of hydrogen-bond donors (Lipinski definition) is 1. The maximum Gasteiger partial charge on any atom is 0.129 e. The summed E-state index contributed by atoms with van der Waals surface area (Å²) in [5.41, 5.74) is -1.32. The average molecular weight is 230 g/mol. The average Bonchev–Trinajstić information content (AvgIpc) is 2.24. The lowest BCUT2D eigenvalue weighted by molar-refractivity contribution is -0.0343. The van der Waals surface area contributed by atoms with Gasteiger partial charge in [-0.2, -0.15) is 0 Å². The Morgan fingerprint density at radius 1 is 1.31 bits per heavy atom. The van der Waals surface area contributed by atoms with Gasteiger partial charge < -0.3 is 9.84 Å². The summed E-state index contributed by atoms with van der Waals surface area (Å²) in [4.78, 5) is 0. The van der Waals surface area contributed by atoms with E-state index in [1.807, 2.05) is 0 Å². The summed E-state index contributed by atoms with van der Waals surface area (Å²) in [5, 5.41) is 10.1. The van der Waals surface area contributed by atoms with Crippen LogP contribution in [0.25, 0.3) is 0 Å². The van der Waals surface area contributed by atoms with Crippen molar-refractivity contribution in [3.63, 3.8) is 0 Å². The van der Waals surface area contributed by atoms with Crippen molar-refractivity contribution in [1.82, 2.24) is 0 Å². The Bertz CT molecular complexity index is 335. The van der Waals surface area contributed by atoms with E-state index in [9.17, 15) is 13.9 Å². The molecule has 0 amide bonds. The lowest BCUT2D eigenvalue weighted by atomic mass is 9.92. The number of methoxy groups -OCH3 is 1. The van der Waals surface area contributed by atoms with Gasteiger partial charge in [0.1, 0.15) is 11.6 Å². The van der Waals surface area contributed by atoms with Crippen LogP contribution in [0, 0.1) is 11.6 Å². The van der Waals surface area contributed by atoms with Gasteiger partial charge in [0.15, 0.2) is 0 Å². The van der Waals surface area contributed by atoms with Crippen LogP contribution >= 0.6 is 0 Å². The van der Waals surface area contributed by atoms with Gasteiger partial charge in [0.05, 0.1) is 12.2 Å². The van der Waals surface area contributed by atoms with E-state index in [0.717, 1.165) is 0 Å². The van der Waals surface area contributed by atoms with E-state index in [0.29, 0.717) is 6.42 Å². The summed E-state index contributed by atoms with van der Waals surface area (Å²) in [7, 11) is 1.44. The highest BCUT2D eigenvalue weighted by Gasteiger charge is 2.27. The topological polar surface area (TPSA) is 29.5 Å². The summed E-state index contributed by atoms with van der Waals surface area (Å²) in [6, 6.07) is 3.66. The monoisotopic (exact) mass is 230 g/mol. The standard InChI is InChI=1S/C12H16F2O2/c1-3-12(15,8-16-2)7-9-10(13)5-4-6-11(9)14/h4-6,15H,3,7-8H2,1-2H3. The molecule has 0 radical (unpaired) electrons. The minimum absolute atomic E-state index is 0.0529. The van der Waals surface area contributed by atoms with Crippen LogP contribution in [0.1, 0.15) is 18.9 Å². The summed E-state index contributed by atoms with van der Waals surface area (Å²) in [6.45, 7) is 1.80. The fraction of sp³-hybridized carbons (Fsp3) is 0.500. The molecule has 0 heterocycles. The Morgan fingerprint density at radius 2 is 1.88 bits per heavy atom. The zero-order valence-electron chi connectivity index (χ0n) is 9.46. The molecule has 2 nitrogen and oxygen atoms in total. The minimum atomic E-state index is -1.22. The van der Waals surface area contributed by atoms with Gasteiger partial charge in [-0.3, -0.25) is 0 Å². The highest BCUT2D eigenvalue weighted by molar-refractivity contribution is 5.21. The Labute approximate surface area is 93.9 Å². The maximum absolute atomic E-state index is 13.4. The molecule has 1 rings (SSSR count). The van der Waals surface area contributed by atoms with Gasteiger partial charge in [-0.05, 0) is 18.6 Å². The molecule has 0 aliphatic carbocycles. The second-order valence-electron chi connectivity index (χ2n) is 3.89. The molecule has 0 bridgehead atoms. The van der Waals surface area contributed by atoms with Crippen LogP contribution in [0.2, 0.25) is 0 Å². The predicted molar refractivity (Wildman–Crippen MR) is 57.2 cm³/mol. The van der Waals surface area contributed by atoms with Crippen LogP contribution in [-0.4, -0.2) is 24.4 Å². The predicted octanol–water partition coefficient (Wildman–Crippen LogP) is 2.29. The summed E-state index contributed by atoms with van der Waals surface area (Å²) in [5.74, 6) is -1.27. The fourth-order valence-corrected chi connectivity index (χ4v) is 1.58. The zero-order chi connectivity index (χ0) is 12.2. The highest BCUT2D eigenvalue weighted by atomic mass is 19.1. The lowest BCUT2D eigenvalue weighted by Crippen LogP contribution is -2.36. The van der Waals surface area contributed by atoms with Crippen molar-refractivity contribution in [2.45, 2.75) is 25.4 Å². The third-order valence-electron chi connectivity index (χ3n) is 2.64. The van der Waals surface area contributed by atoms with E-state index in [1.54, 1.807) is 6.92 Å². The van der Waals surface area contributed by atoms with Crippen LogP contribution in [0.4, 0.5) is 8.78 Å². The number of benzene rings is 1. The smallest absolute Gasteiger partial charge is 0.129 e. The van der Waals surface area contributed by atoms with Crippen LogP contribution in [-0.2, 0) is 11.2 Å². The van der Waals surface area contributed by atoms with Crippen LogP contribution < -0.4 is 0 Å². The zero-order valence-corrected chi connectivity index (χ0v) is 9.46. The highest BCUT2D eigenvalue weighted by Crippen LogP contribution is 2.22. The summed E-state index contributed by atoms with van der Waals surface area (Å²) < 4.78 is 31.6. The van der Waals surface area contributed by atoms with Crippen molar-refractivity contribution in [3.05, 3.63) is 35.4 Å². The van der Waals surface area contributed by atoms with Gasteiger partial charge in [-0.15, -0.1) is 0 Å². The number of ether oxygens (including phenoxy) is 1. The molecule has 1 unspecified atom stereocenters. The van der Waals surface area contributed by atoms with E-state index >= 15 is 0 Å². The van der Waals surface area contributed by atoms with Gasteiger partial charge in [-0.1, -0.05) is 13.0 Å². The number of halogens is 2. The minimum Gasteiger partial charge on any atom is -0.387 e. The second-order valence-corrected chi connectivity index (χ2v) is 3.89. The molecule has 90 valence electrons. The van der Waals surface area contributed by atoms with Crippen molar-refractivity contribution in [2.75, 3.05) is 13.7 Å². The first-order valence-electron chi connectivity index (χ1n) is 5.16. The molecule has 1 atom stereocenters. The molecule has 1 N–H and O–H groups in total. The third-order valence-corrected chi connectivity index (χ3v) is 2.64. The Balaban J connectivity index is 2.94. The van der Waals surface area contributed by atoms with Crippen molar-refractivity contribution < 1.29 is 18.6 Å².